The molecule has 0 bridgehead atoms. The summed E-state index contributed by atoms with van der Waals surface area (Å²) in [7, 11) is 1.87. The number of anilines is 1. The van der Waals surface area contributed by atoms with Crippen molar-refractivity contribution in [3.63, 3.8) is 0 Å². The second kappa shape index (κ2) is 7.01. The SMILES string of the molecule is Cn1ccn2ncc(C(=O)N3CC4(CC(NC(=O)Nc5cncc(C(C)(F)F)c5)C4)C3)c12. The number of likely N-dealkylation sites (tertiary alicyclic amines) is 1. The van der Waals surface area contributed by atoms with E-state index in [0.29, 0.717) is 18.7 Å². The molecule has 2 N–H and O–H groups in total. The largest absolute Gasteiger partial charge is 0.337 e. The lowest BCUT2D eigenvalue weighted by atomic mass is 9.60. The van der Waals surface area contributed by atoms with Crippen LogP contribution in [0, 0.1) is 5.41 Å². The van der Waals surface area contributed by atoms with E-state index in [0.717, 1.165) is 31.6 Å². The van der Waals surface area contributed by atoms with E-state index >= 15 is 0 Å². The molecule has 2 aliphatic rings. The van der Waals surface area contributed by atoms with E-state index < -0.39 is 12.0 Å². The van der Waals surface area contributed by atoms with Gasteiger partial charge in [0.2, 0.25) is 0 Å². The molecule has 5 rings (SSSR count). The van der Waals surface area contributed by atoms with Crippen LogP contribution >= 0.6 is 0 Å². The average Bonchev–Trinajstić information content (AvgIpc) is 3.25. The van der Waals surface area contributed by atoms with Crippen LogP contribution in [0.3, 0.4) is 0 Å². The maximum atomic E-state index is 13.4. The van der Waals surface area contributed by atoms with Crippen LogP contribution < -0.4 is 10.6 Å². The number of carbonyl (C=O) groups excluding carboxylic acids is 2. The van der Waals surface area contributed by atoms with Gasteiger partial charge in [0.15, 0.2) is 0 Å². The van der Waals surface area contributed by atoms with Crippen molar-refractivity contribution in [1.29, 1.82) is 0 Å². The molecule has 0 unspecified atom stereocenters. The normalized spacial score (nSPS) is 17.8. The number of rotatable bonds is 4. The van der Waals surface area contributed by atoms with Gasteiger partial charge in [0, 0.05) is 62.7 Å². The van der Waals surface area contributed by atoms with Gasteiger partial charge in [-0.3, -0.25) is 9.78 Å². The number of carbonyl (C=O) groups is 2. The Morgan fingerprint density at radius 2 is 1.94 bits per heavy atom. The molecule has 3 aromatic heterocycles. The maximum absolute atomic E-state index is 13.4. The van der Waals surface area contributed by atoms with Gasteiger partial charge in [-0.25, -0.2) is 18.1 Å². The highest BCUT2D eigenvalue weighted by molar-refractivity contribution is 6.00. The van der Waals surface area contributed by atoms with Crippen LogP contribution in [-0.2, 0) is 13.0 Å². The molecule has 1 aliphatic carbocycles. The summed E-state index contributed by atoms with van der Waals surface area (Å²) in [6.07, 6.45) is 9.19. The summed E-state index contributed by atoms with van der Waals surface area (Å²) in [6, 6.07) is 0.734. The molecule has 0 atom stereocenters. The van der Waals surface area contributed by atoms with E-state index in [2.05, 4.69) is 20.7 Å². The fourth-order valence-electron chi connectivity index (χ4n) is 4.73. The fraction of sp³-hybridized carbons (Fsp3) is 0.429. The van der Waals surface area contributed by atoms with Gasteiger partial charge >= 0.3 is 6.03 Å². The summed E-state index contributed by atoms with van der Waals surface area (Å²) in [5.74, 6) is -3.07. The number of aromatic nitrogens is 4. The molecular formula is C21H23F2N7O2. The highest BCUT2D eigenvalue weighted by Gasteiger charge is 2.54. The number of pyridine rings is 1. The van der Waals surface area contributed by atoms with Crippen LogP contribution in [0.15, 0.2) is 37.1 Å². The zero-order valence-corrected chi connectivity index (χ0v) is 17.7. The molecule has 9 nitrogen and oxygen atoms in total. The number of hydrogen-bond donors (Lipinski definition) is 2. The van der Waals surface area contributed by atoms with Gasteiger partial charge in [-0.2, -0.15) is 5.10 Å². The Labute approximate surface area is 182 Å². The minimum Gasteiger partial charge on any atom is -0.337 e. The summed E-state index contributed by atoms with van der Waals surface area (Å²) < 4.78 is 30.4. The lowest BCUT2D eigenvalue weighted by Gasteiger charge is -2.58. The third-order valence-corrected chi connectivity index (χ3v) is 6.30. The Morgan fingerprint density at radius 3 is 2.66 bits per heavy atom. The van der Waals surface area contributed by atoms with Gasteiger partial charge in [0.05, 0.1) is 18.1 Å². The second-order valence-electron chi connectivity index (χ2n) is 8.95. The van der Waals surface area contributed by atoms with Crippen molar-refractivity contribution in [2.24, 2.45) is 12.5 Å². The zero-order chi connectivity index (χ0) is 22.7. The van der Waals surface area contributed by atoms with Crippen molar-refractivity contribution in [3.05, 3.63) is 48.2 Å². The first-order valence-corrected chi connectivity index (χ1v) is 10.3. The maximum Gasteiger partial charge on any atom is 0.319 e. The van der Waals surface area contributed by atoms with Crippen LogP contribution in [0.25, 0.3) is 5.65 Å². The molecule has 3 aromatic rings. The first-order valence-electron chi connectivity index (χ1n) is 10.3. The Balaban J connectivity index is 1.12. The summed E-state index contributed by atoms with van der Waals surface area (Å²) >= 11 is 0. The molecule has 3 amide bonds. The number of imidazole rings is 1. The number of amides is 3. The average molecular weight is 443 g/mol. The van der Waals surface area contributed by atoms with Crippen LogP contribution in [0.1, 0.15) is 35.7 Å². The van der Waals surface area contributed by atoms with E-state index in [1.54, 1.807) is 16.9 Å². The van der Waals surface area contributed by atoms with Crippen molar-refractivity contribution < 1.29 is 18.4 Å². The van der Waals surface area contributed by atoms with Gasteiger partial charge in [-0.15, -0.1) is 0 Å². The van der Waals surface area contributed by atoms with Gasteiger partial charge in [-0.05, 0) is 18.9 Å². The quantitative estimate of drug-likeness (QED) is 0.648. The Bertz CT molecular complexity index is 1200. The number of aryl methyl sites for hydroxylation is 1. The van der Waals surface area contributed by atoms with Crippen LogP contribution in [-0.4, -0.2) is 55.1 Å². The summed E-state index contributed by atoms with van der Waals surface area (Å²) in [5, 5.41) is 9.64. The molecule has 1 spiro atoms. The highest BCUT2D eigenvalue weighted by Crippen LogP contribution is 2.48. The number of urea groups is 1. The van der Waals surface area contributed by atoms with Crippen LogP contribution in [0.4, 0.5) is 19.3 Å². The monoisotopic (exact) mass is 443 g/mol. The van der Waals surface area contributed by atoms with E-state index in [9.17, 15) is 18.4 Å². The molecule has 168 valence electrons. The molecule has 1 saturated heterocycles. The lowest BCUT2D eigenvalue weighted by molar-refractivity contribution is -0.0582. The highest BCUT2D eigenvalue weighted by atomic mass is 19.3. The van der Waals surface area contributed by atoms with Crippen LogP contribution in [0.5, 0.6) is 0 Å². The minimum absolute atomic E-state index is 0.0215. The second-order valence-corrected chi connectivity index (χ2v) is 8.95. The number of fused-ring (bicyclic) bond motifs is 1. The predicted octanol–water partition coefficient (Wildman–Crippen LogP) is 2.61. The fourth-order valence-corrected chi connectivity index (χ4v) is 4.73. The van der Waals surface area contributed by atoms with Crippen LogP contribution in [0.2, 0.25) is 0 Å². The van der Waals surface area contributed by atoms with Crippen molar-refractivity contribution in [3.8, 4) is 0 Å². The molecule has 1 saturated carbocycles. The number of hydrogen-bond acceptors (Lipinski definition) is 4. The Morgan fingerprint density at radius 1 is 1.19 bits per heavy atom. The molecule has 11 heteroatoms. The molecule has 1 aliphatic heterocycles. The number of halogens is 2. The summed E-state index contributed by atoms with van der Waals surface area (Å²) in [6.45, 7) is 2.07. The third-order valence-electron chi connectivity index (χ3n) is 6.30. The summed E-state index contributed by atoms with van der Waals surface area (Å²) in [4.78, 5) is 30.7. The number of nitrogens with zero attached hydrogens (tertiary/aromatic N) is 5. The van der Waals surface area contributed by atoms with Gasteiger partial charge < -0.3 is 20.1 Å². The van der Waals surface area contributed by atoms with E-state index in [-0.39, 0.29) is 28.6 Å². The molecular weight excluding hydrogens is 420 g/mol. The van der Waals surface area contributed by atoms with Gasteiger partial charge in [0.25, 0.3) is 11.8 Å². The minimum atomic E-state index is -3.03. The topological polar surface area (TPSA) is 96.6 Å². The van der Waals surface area contributed by atoms with Crippen molar-refractivity contribution in [1.82, 2.24) is 29.4 Å². The van der Waals surface area contributed by atoms with Crippen molar-refractivity contribution >= 4 is 23.3 Å². The lowest BCUT2D eigenvalue weighted by Crippen LogP contribution is -2.67. The number of nitrogens with one attached hydrogen (secondary N) is 2. The van der Waals surface area contributed by atoms with Gasteiger partial charge in [-0.1, -0.05) is 0 Å². The smallest absolute Gasteiger partial charge is 0.319 e. The van der Waals surface area contributed by atoms with E-state index in [4.69, 9.17) is 0 Å². The first-order chi connectivity index (χ1) is 15.1. The van der Waals surface area contributed by atoms with Crippen molar-refractivity contribution in [2.45, 2.75) is 31.7 Å². The summed E-state index contributed by atoms with van der Waals surface area (Å²) in [5.41, 5.74) is 1.32. The molecule has 2 fully saturated rings. The molecule has 0 radical (unpaired) electrons. The zero-order valence-electron chi connectivity index (χ0n) is 17.7. The molecule has 0 aromatic carbocycles. The Kier molecular flexibility index (Phi) is 4.47. The first kappa shape index (κ1) is 20.4. The standard InChI is InChI=1S/C21H23F2N7O2/c1-20(22,23)13-5-14(9-24-8-13)26-19(32)27-15-6-21(7-15)11-29(12-21)18(31)16-10-25-30-4-3-28(2)17(16)30/h3-5,8-10,15H,6-7,11-12H2,1-2H3,(H2,26,27,32). The molecule has 4 heterocycles. The van der Waals surface area contributed by atoms with E-state index in [1.807, 2.05) is 22.7 Å². The number of alkyl halides is 2. The third kappa shape index (κ3) is 3.47. The molecule has 32 heavy (non-hydrogen) atoms. The Hall–Kier alpha value is -3.50. The predicted molar refractivity (Wildman–Crippen MR) is 111 cm³/mol. The van der Waals surface area contributed by atoms with E-state index in [1.165, 1.54) is 12.3 Å². The van der Waals surface area contributed by atoms with Crippen molar-refractivity contribution in [2.75, 3.05) is 18.4 Å². The van der Waals surface area contributed by atoms with Gasteiger partial charge in [0.1, 0.15) is 11.2 Å².